The normalized spacial score (nSPS) is 20.9. The molecule has 1 aromatic rings. The zero-order valence-corrected chi connectivity index (χ0v) is 11.2. The van der Waals surface area contributed by atoms with Gasteiger partial charge in [0, 0.05) is 23.3 Å². The quantitative estimate of drug-likeness (QED) is 0.923. The first-order valence-corrected chi connectivity index (χ1v) is 6.67. The molecule has 1 saturated carbocycles. The Labute approximate surface area is 105 Å². The van der Waals surface area contributed by atoms with Gasteiger partial charge in [-0.3, -0.25) is 4.98 Å². The number of aliphatic hydroxyl groups excluding tert-OH is 1. The van der Waals surface area contributed by atoms with E-state index >= 15 is 0 Å². The molecule has 1 N–H and O–H groups in total. The monoisotopic (exact) mass is 283 g/mol. The highest BCUT2D eigenvalue weighted by atomic mass is 79.9. The van der Waals surface area contributed by atoms with Crippen LogP contribution in [0.15, 0.2) is 22.9 Å². The lowest BCUT2D eigenvalue weighted by Gasteiger charge is -2.30. The van der Waals surface area contributed by atoms with Crippen molar-refractivity contribution in [2.75, 3.05) is 0 Å². The predicted molar refractivity (Wildman–Crippen MR) is 68.2 cm³/mol. The third-order valence-corrected chi connectivity index (χ3v) is 4.17. The summed E-state index contributed by atoms with van der Waals surface area (Å²) in [4.78, 5) is 4.13. The minimum atomic E-state index is -0.244. The molecule has 0 aliphatic heterocycles. The summed E-state index contributed by atoms with van der Waals surface area (Å²) in [5, 5.41) is 10.3. The highest BCUT2D eigenvalue weighted by Crippen LogP contribution is 2.41. The fraction of sp³-hybridized carbons (Fsp3) is 0.615. The van der Waals surface area contributed by atoms with Gasteiger partial charge in [0.05, 0.1) is 6.10 Å². The van der Waals surface area contributed by atoms with Crippen LogP contribution < -0.4 is 0 Å². The van der Waals surface area contributed by atoms with Gasteiger partial charge in [-0.25, -0.2) is 0 Å². The first kappa shape index (κ1) is 12.1. The standard InChI is InChI=1S/C13H18BrNO/c1-13(4-2-3-5-13)12(16)7-10-6-11(14)9-15-8-10/h6,8-9,12,16H,2-5,7H2,1H3. The van der Waals surface area contributed by atoms with Crippen LogP contribution in [0.4, 0.5) is 0 Å². The molecule has 16 heavy (non-hydrogen) atoms. The third kappa shape index (κ3) is 2.64. The SMILES string of the molecule is CC1(C(O)Cc2cncc(Br)c2)CCCC1. The molecular formula is C13H18BrNO. The van der Waals surface area contributed by atoms with Crippen LogP contribution in [0.5, 0.6) is 0 Å². The number of pyridine rings is 1. The Bertz CT molecular complexity index is 361. The van der Waals surface area contributed by atoms with E-state index in [9.17, 15) is 5.11 Å². The number of aliphatic hydroxyl groups is 1. The van der Waals surface area contributed by atoms with Crippen LogP contribution in [0, 0.1) is 5.41 Å². The van der Waals surface area contributed by atoms with Gasteiger partial charge in [-0.15, -0.1) is 0 Å². The van der Waals surface area contributed by atoms with Crippen molar-refractivity contribution in [1.29, 1.82) is 0 Å². The van der Waals surface area contributed by atoms with E-state index in [2.05, 4.69) is 27.8 Å². The first-order chi connectivity index (χ1) is 7.60. The summed E-state index contributed by atoms with van der Waals surface area (Å²) in [7, 11) is 0. The fourth-order valence-corrected chi connectivity index (χ4v) is 2.97. The number of hydrogen-bond donors (Lipinski definition) is 1. The number of aromatic nitrogens is 1. The van der Waals surface area contributed by atoms with E-state index in [0.29, 0.717) is 6.42 Å². The molecule has 2 nitrogen and oxygen atoms in total. The van der Waals surface area contributed by atoms with Crippen LogP contribution in [0.1, 0.15) is 38.2 Å². The van der Waals surface area contributed by atoms with Gasteiger partial charge in [0.25, 0.3) is 0 Å². The van der Waals surface area contributed by atoms with Crippen molar-refractivity contribution in [2.45, 2.75) is 45.1 Å². The maximum atomic E-state index is 10.3. The zero-order valence-electron chi connectivity index (χ0n) is 9.62. The summed E-state index contributed by atoms with van der Waals surface area (Å²) in [6.45, 7) is 2.20. The molecule has 0 amide bonds. The van der Waals surface area contributed by atoms with E-state index in [1.165, 1.54) is 12.8 Å². The number of hydrogen-bond acceptors (Lipinski definition) is 2. The molecule has 1 unspecified atom stereocenters. The summed E-state index contributed by atoms with van der Waals surface area (Å²) in [5.41, 5.74) is 1.22. The Morgan fingerprint density at radius 1 is 1.44 bits per heavy atom. The van der Waals surface area contributed by atoms with Crippen molar-refractivity contribution in [3.63, 3.8) is 0 Å². The molecule has 0 bridgehead atoms. The summed E-state index contributed by atoms with van der Waals surface area (Å²) in [5.74, 6) is 0. The Hall–Kier alpha value is -0.410. The lowest BCUT2D eigenvalue weighted by atomic mass is 9.80. The van der Waals surface area contributed by atoms with Crippen molar-refractivity contribution in [3.8, 4) is 0 Å². The lowest BCUT2D eigenvalue weighted by molar-refractivity contribution is 0.0423. The summed E-state index contributed by atoms with van der Waals surface area (Å²) < 4.78 is 0.980. The maximum Gasteiger partial charge on any atom is 0.0634 e. The second kappa shape index (κ2) is 4.84. The van der Waals surface area contributed by atoms with Crippen molar-refractivity contribution in [2.24, 2.45) is 5.41 Å². The topological polar surface area (TPSA) is 33.1 Å². The van der Waals surface area contributed by atoms with E-state index < -0.39 is 0 Å². The highest BCUT2D eigenvalue weighted by Gasteiger charge is 2.35. The molecule has 1 aromatic heterocycles. The van der Waals surface area contributed by atoms with E-state index in [0.717, 1.165) is 22.9 Å². The smallest absolute Gasteiger partial charge is 0.0634 e. The van der Waals surface area contributed by atoms with Crippen LogP contribution >= 0.6 is 15.9 Å². The van der Waals surface area contributed by atoms with E-state index in [-0.39, 0.29) is 11.5 Å². The lowest BCUT2D eigenvalue weighted by Crippen LogP contribution is -2.31. The molecule has 2 rings (SSSR count). The molecular weight excluding hydrogens is 266 g/mol. The molecule has 3 heteroatoms. The Morgan fingerprint density at radius 3 is 2.75 bits per heavy atom. The number of rotatable bonds is 3. The van der Waals surface area contributed by atoms with Crippen LogP contribution in [0.2, 0.25) is 0 Å². The van der Waals surface area contributed by atoms with Crippen LogP contribution in [-0.4, -0.2) is 16.2 Å². The molecule has 88 valence electrons. The minimum absolute atomic E-state index is 0.113. The molecule has 0 saturated heterocycles. The third-order valence-electron chi connectivity index (χ3n) is 3.74. The predicted octanol–water partition coefficient (Wildman–Crippen LogP) is 3.33. The molecule has 1 aliphatic rings. The van der Waals surface area contributed by atoms with Gasteiger partial charge in [0.15, 0.2) is 0 Å². The van der Waals surface area contributed by atoms with Crippen molar-refractivity contribution in [3.05, 3.63) is 28.5 Å². The molecule has 1 fully saturated rings. The second-order valence-corrected chi connectivity index (χ2v) is 6.01. The van der Waals surface area contributed by atoms with Crippen molar-refractivity contribution in [1.82, 2.24) is 4.98 Å². The number of nitrogens with zero attached hydrogens (tertiary/aromatic N) is 1. The average molecular weight is 284 g/mol. The van der Waals surface area contributed by atoms with Gasteiger partial charge in [0.1, 0.15) is 0 Å². The Kier molecular flexibility index (Phi) is 3.65. The van der Waals surface area contributed by atoms with Gasteiger partial charge < -0.3 is 5.11 Å². The van der Waals surface area contributed by atoms with E-state index in [4.69, 9.17) is 0 Å². The second-order valence-electron chi connectivity index (χ2n) is 5.09. The molecule has 0 spiro atoms. The van der Waals surface area contributed by atoms with Gasteiger partial charge in [-0.05, 0) is 45.8 Å². The average Bonchev–Trinajstić information content (AvgIpc) is 2.66. The van der Waals surface area contributed by atoms with E-state index in [1.807, 2.05) is 12.3 Å². The Balaban J connectivity index is 2.04. The molecule has 0 aromatic carbocycles. The molecule has 1 aliphatic carbocycles. The summed E-state index contributed by atoms with van der Waals surface area (Å²) >= 11 is 3.40. The van der Waals surface area contributed by atoms with E-state index in [1.54, 1.807) is 6.20 Å². The Morgan fingerprint density at radius 2 is 2.12 bits per heavy atom. The van der Waals surface area contributed by atoms with Crippen molar-refractivity contribution >= 4 is 15.9 Å². The van der Waals surface area contributed by atoms with Crippen LogP contribution in [0.25, 0.3) is 0 Å². The van der Waals surface area contributed by atoms with Gasteiger partial charge in [0.2, 0.25) is 0 Å². The number of halogens is 1. The summed E-state index contributed by atoms with van der Waals surface area (Å²) in [6, 6.07) is 2.04. The molecule has 0 radical (unpaired) electrons. The van der Waals surface area contributed by atoms with Crippen LogP contribution in [-0.2, 0) is 6.42 Å². The van der Waals surface area contributed by atoms with Gasteiger partial charge >= 0.3 is 0 Å². The zero-order chi connectivity index (χ0) is 11.6. The fourth-order valence-electron chi connectivity index (χ4n) is 2.55. The maximum absolute atomic E-state index is 10.3. The largest absolute Gasteiger partial charge is 0.392 e. The highest BCUT2D eigenvalue weighted by molar-refractivity contribution is 9.10. The van der Waals surface area contributed by atoms with Crippen LogP contribution in [0.3, 0.4) is 0 Å². The molecule has 1 heterocycles. The van der Waals surface area contributed by atoms with Crippen molar-refractivity contribution < 1.29 is 5.11 Å². The van der Waals surface area contributed by atoms with Gasteiger partial charge in [-0.1, -0.05) is 19.8 Å². The molecule has 1 atom stereocenters. The van der Waals surface area contributed by atoms with Gasteiger partial charge in [-0.2, -0.15) is 0 Å². The summed E-state index contributed by atoms with van der Waals surface area (Å²) in [6.07, 6.45) is 8.88. The minimum Gasteiger partial charge on any atom is -0.392 e. The first-order valence-electron chi connectivity index (χ1n) is 5.88.